The molecule has 0 spiro atoms. The van der Waals surface area contributed by atoms with Crippen molar-refractivity contribution in [3.8, 4) is 11.8 Å². The first-order chi connectivity index (χ1) is 9.26. The molecule has 19 heavy (non-hydrogen) atoms. The Morgan fingerprint density at radius 1 is 1.32 bits per heavy atom. The number of hydrogen-bond donors (Lipinski definition) is 0. The van der Waals surface area contributed by atoms with Gasteiger partial charge in [-0.15, -0.1) is 0 Å². The molecular formula is C16H15NO2. The lowest BCUT2D eigenvalue weighted by Crippen LogP contribution is -2.09. The molecule has 1 aromatic carbocycles. The number of fused-ring (bicyclic) bond motifs is 1. The Hall–Kier alpha value is -2.34. The van der Waals surface area contributed by atoms with Crippen molar-refractivity contribution < 1.29 is 9.53 Å². The van der Waals surface area contributed by atoms with Crippen LogP contribution in [0.5, 0.6) is 0 Å². The molecule has 96 valence electrons. The fourth-order valence-corrected chi connectivity index (χ4v) is 1.75. The predicted octanol–water partition coefficient (Wildman–Crippen LogP) is 3.17. The number of pyridine rings is 1. The maximum atomic E-state index is 11.9. The standard InChI is InChI=1S/C16H15NO2/c1-3-5-8-13-11-12-9-6-7-10-14(12)17-15(13)16(18)19-4-2/h6-7,9-11H,3-4H2,1-2H3. The third-order valence-electron chi connectivity index (χ3n) is 2.59. The summed E-state index contributed by atoms with van der Waals surface area (Å²) in [5.74, 6) is 5.53. The molecule has 0 aliphatic heterocycles. The van der Waals surface area contributed by atoms with Crippen LogP contribution in [0, 0.1) is 11.8 Å². The molecule has 0 fully saturated rings. The molecule has 3 nitrogen and oxygen atoms in total. The van der Waals surface area contributed by atoms with E-state index in [9.17, 15) is 4.79 Å². The molecule has 0 bridgehead atoms. The number of hydrogen-bond acceptors (Lipinski definition) is 3. The van der Waals surface area contributed by atoms with Gasteiger partial charge in [-0.25, -0.2) is 9.78 Å². The van der Waals surface area contributed by atoms with Crippen LogP contribution < -0.4 is 0 Å². The third kappa shape index (κ3) is 2.92. The van der Waals surface area contributed by atoms with E-state index in [1.165, 1.54) is 0 Å². The first-order valence-corrected chi connectivity index (χ1v) is 6.32. The molecule has 0 aliphatic rings. The van der Waals surface area contributed by atoms with Crippen molar-refractivity contribution in [2.45, 2.75) is 20.3 Å². The second-order valence-electron chi connectivity index (χ2n) is 3.95. The number of carbonyl (C=O) groups is 1. The molecule has 1 aromatic heterocycles. The van der Waals surface area contributed by atoms with Crippen LogP contribution in [-0.4, -0.2) is 17.6 Å². The van der Waals surface area contributed by atoms with Gasteiger partial charge in [-0.2, -0.15) is 0 Å². The lowest BCUT2D eigenvalue weighted by molar-refractivity contribution is 0.0519. The van der Waals surface area contributed by atoms with E-state index in [4.69, 9.17) is 4.74 Å². The molecule has 0 saturated carbocycles. The van der Waals surface area contributed by atoms with Gasteiger partial charge >= 0.3 is 5.97 Å². The van der Waals surface area contributed by atoms with E-state index in [1.807, 2.05) is 37.3 Å². The van der Waals surface area contributed by atoms with Gasteiger partial charge in [0.15, 0.2) is 5.69 Å². The predicted molar refractivity (Wildman–Crippen MR) is 74.9 cm³/mol. The summed E-state index contributed by atoms with van der Waals surface area (Å²) < 4.78 is 5.03. The first-order valence-electron chi connectivity index (χ1n) is 6.32. The normalized spacial score (nSPS) is 9.79. The van der Waals surface area contributed by atoms with Crippen LogP contribution >= 0.6 is 0 Å². The van der Waals surface area contributed by atoms with Crippen LogP contribution in [0.2, 0.25) is 0 Å². The third-order valence-corrected chi connectivity index (χ3v) is 2.59. The number of esters is 1. The van der Waals surface area contributed by atoms with E-state index in [-0.39, 0.29) is 0 Å². The summed E-state index contributed by atoms with van der Waals surface area (Å²) in [6, 6.07) is 9.54. The van der Waals surface area contributed by atoms with E-state index in [1.54, 1.807) is 6.92 Å². The molecule has 2 aromatic rings. The van der Waals surface area contributed by atoms with Gasteiger partial charge in [0.05, 0.1) is 17.7 Å². The van der Waals surface area contributed by atoms with E-state index in [0.29, 0.717) is 17.9 Å². The Morgan fingerprint density at radius 3 is 2.84 bits per heavy atom. The fraction of sp³-hybridized carbons (Fsp3) is 0.250. The minimum Gasteiger partial charge on any atom is -0.461 e. The topological polar surface area (TPSA) is 39.2 Å². The van der Waals surface area contributed by atoms with Gasteiger partial charge in [-0.05, 0) is 19.1 Å². The van der Waals surface area contributed by atoms with Crippen molar-refractivity contribution >= 4 is 16.9 Å². The highest BCUT2D eigenvalue weighted by Gasteiger charge is 2.14. The minimum absolute atomic E-state index is 0.293. The Bertz CT molecular complexity index is 665. The first kappa shape index (κ1) is 13.1. The molecule has 3 heteroatoms. The molecule has 0 saturated heterocycles. The van der Waals surface area contributed by atoms with Gasteiger partial charge in [0.1, 0.15) is 0 Å². The molecule has 0 unspecified atom stereocenters. The number of ether oxygens (including phenoxy) is 1. The van der Waals surface area contributed by atoms with E-state index >= 15 is 0 Å². The molecule has 1 heterocycles. The Morgan fingerprint density at radius 2 is 2.11 bits per heavy atom. The average Bonchev–Trinajstić information content (AvgIpc) is 2.44. The van der Waals surface area contributed by atoms with Crippen LogP contribution in [0.25, 0.3) is 10.9 Å². The summed E-state index contributed by atoms with van der Waals surface area (Å²) in [7, 11) is 0. The monoisotopic (exact) mass is 253 g/mol. The van der Waals surface area contributed by atoms with Crippen molar-refractivity contribution in [3.05, 3.63) is 41.6 Å². The Balaban J connectivity index is 2.60. The molecule has 0 N–H and O–H groups in total. The zero-order chi connectivity index (χ0) is 13.7. The van der Waals surface area contributed by atoms with E-state index in [2.05, 4.69) is 16.8 Å². The summed E-state index contributed by atoms with van der Waals surface area (Å²) >= 11 is 0. The van der Waals surface area contributed by atoms with Crippen LogP contribution in [0.1, 0.15) is 36.3 Å². The summed E-state index contributed by atoms with van der Waals surface area (Å²) in [5.41, 5.74) is 1.69. The van der Waals surface area contributed by atoms with Crippen LogP contribution in [0.4, 0.5) is 0 Å². The van der Waals surface area contributed by atoms with E-state index < -0.39 is 5.97 Å². The zero-order valence-electron chi connectivity index (χ0n) is 11.1. The quantitative estimate of drug-likeness (QED) is 0.609. The van der Waals surface area contributed by atoms with Crippen molar-refractivity contribution in [1.29, 1.82) is 0 Å². The molecule has 0 radical (unpaired) electrons. The lowest BCUT2D eigenvalue weighted by Gasteiger charge is -2.05. The Kier molecular flexibility index (Phi) is 4.15. The average molecular weight is 253 g/mol. The molecule has 0 atom stereocenters. The summed E-state index contributed by atoms with van der Waals surface area (Å²) in [6.45, 7) is 4.07. The summed E-state index contributed by atoms with van der Waals surface area (Å²) in [6.07, 6.45) is 0.731. The number of benzene rings is 1. The van der Waals surface area contributed by atoms with Crippen LogP contribution in [-0.2, 0) is 4.74 Å². The highest BCUT2D eigenvalue weighted by atomic mass is 16.5. The Labute approximate surface area is 112 Å². The second-order valence-corrected chi connectivity index (χ2v) is 3.95. The van der Waals surface area contributed by atoms with Gasteiger partial charge in [0, 0.05) is 11.8 Å². The maximum Gasteiger partial charge on any atom is 0.358 e. The maximum absolute atomic E-state index is 11.9. The lowest BCUT2D eigenvalue weighted by atomic mass is 10.1. The molecule has 2 rings (SSSR count). The van der Waals surface area contributed by atoms with Crippen LogP contribution in [0.3, 0.4) is 0 Å². The van der Waals surface area contributed by atoms with Gasteiger partial charge in [0.2, 0.25) is 0 Å². The van der Waals surface area contributed by atoms with Gasteiger partial charge in [-0.1, -0.05) is 37.0 Å². The van der Waals surface area contributed by atoms with E-state index in [0.717, 1.165) is 17.3 Å². The summed E-state index contributed by atoms with van der Waals surface area (Å²) in [4.78, 5) is 16.3. The number of rotatable bonds is 2. The highest BCUT2D eigenvalue weighted by Crippen LogP contribution is 2.17. The summed E-state index contributed by atoms with van der Waals surface area (Å²) in [5, 5.41) is 0.968. The fourth-order valence-electron chi connectivity index (χ4n) is 1.75. The van der Waals surface area contributed by atoms with Crippen LogP contribution in [0.15, 0.2) is 30.3 Å². The zero-order valence-corrected chi connectivity index (χ0v) is 11.1. The number of aromatic nitrogens is 1. The van der Waals surface area contributed by atoms with Gasteiger partial charge in [0.25, 0.3) is 0 Å². The van der Waals surface area contributed by atoms with Gasteiger partial charge in [-0.3, -0.25) is 0 Å². The van der Waals surface area contributed by atoms with Gasteiger partial charge < -0.3 is 4.74 Å². The SMILES string of the molecule is CCC#Cc1cc2ccccc2nc1C(=O)OCC. The molecular weight excluding hydrogens is 238 g/mol. The largest absolute Gasteiger partial charge is 0.461 e. The number of para-hydroxylation sites is 1. The molecule has 0 aliphatic carbocycles. The number of carbonyl (C=O) groups excluding carboxylic acids is 1. The smallest absolute Gasteiger partial charge is 0.358 e. The van der Waals surface area contributed by atoms with Crippen molar-refractivity contribution in [2.75, 3.05) is 6.61 Å². The van der Waals surface area contributed by atoms with Crippen molar-refractivity contribution in [2.24, 2.45) is 0 Å². The van der Waals surface area contributed by atoms with Crippen molar-refractivity contribution in [1.82, 2.24) is 4.98 Å². The highest BCUT2D eigenvalue weighted by molar-refractivity contribution is 5.94. The number of nitrogens with zero attached hydrogens (tertiary/aromatic N) is 1. The van der Waals surface area contributed by atoms with Crippen molar-refractivity contribution in [3.63, 3.8) is 0 Å². The second kappa shape index (κ2) is 6.01. The molecule has 0 amide bonds. The minimum atomic E-state index is -0.423.